The fourth-order valence-electron chi connectivity index (χ4n) is 1.48. The van der Waals surface area contributed by atoms with E-state index in [1.165, 1.54) is 11.9 Å². The third-order valence-corrected chi connectivity index (χ3v) is 3.32. The summed E-state index contributed by atoms with van der Waals surface area (Å²) in [5.41, 5.74) is 0. The molecule has 1 saturated heterocycles. The van der Waals surface area contributed by atoms with E-state index in [9.17, 15) is 14.4 Å². The van der Waals surface area contributed by atoms with Crippen molar-refractivity contribution in [3.63, 3.8) is 0 Å². The Bertz CT molecular complexity index is 276. The molecule has 1 amide bonds. The van der Waals surface area contributed by atoms with E-state index in [0.717, 1.165) is 0 Å². The van der Waals surface area contributed by atoms with Gasteiger partial charge in [-0.25, -0.2) is 0 Å². The smallest absolute Gasteiger partial charge is 0.234 e. The van der Waals surface area contributed by atoms with Gasteiger partial charge in [-0.15, -0.1) is 0 Å². The van der Waals surface area contributed by atoms with Crippen LogP contribution in [0.5, 0.6) is 0 Å². The van der Waals surface area contributed by atoms with Gasteiger partial charge in [0.05, 0.1) is 5.92 Å². The molecule has 1 saturated carbocycles. The molecule has 0 spiro atoms. The predicted molar refractivity (Wildman–Crippen MR) is 42.3 cm³/mol. The summed E-state index contributed by atoms with van der Waals surface area (Å²) in [6.45, 7) is 0. The van der Waals surface area contributed by atoms with Crippen molar-refractivity contribution in [3.8, 4) is 0 Å². The Kier molecular flexibility index (Phi) is 1.68. The molecule has 4 nitrogen and oxygen atoms in total. The van der Waals surface area contributed by atoms with E-state index in [-0.39, 0.29) is 35.7 Å². The summed E-state index contributed by atoms with van der Waals surface area (Å²) < 4.78 is 2.58. The number of hydrogen-bond acceptors (Lipinski definition) is 4. The maximum Gasteiger partial charge on any atom is 0.234 e. The zero-order valence-electron chi connectivity index (χ0n) is 6.20. The Balaban J connectivity index is 2.20. The number of amides is 1. The van der Waals surface area contributed by atoms with Crippen molar-refractivity contribution in [3.05, 3.63) is 0 Å². The van der Waals surface area contributed by atoms with Gasteiger partial charge in [-0.2, -0.15) is 0 Å². The summed E-state index contributed by atoms with van der Waals surface area (Å²) in [7, 11) is 0. The number of hydrogen-bond donors (Lipinski definition) is 1. The van der Waals surface area contributed by atoms with Crippen molar-refractivity contribution in [2.24, 2.45) is 5.92 Å². The van der Waals surface area contributed by atoms with E-state index >= 15 is 0 Å². The van der Waals surface area contributed by atoms with E-state index in [1.54, 1.807) is 0 Å². The first kappa shape index (κ1) is 7.79. The van der Waals surface area contributed by atoms with Crippen LogP contribution in [0, 0.1) is 5.92 Å². The molecule has 0 radical (unpaired) electrons. The van der Waals surface area contributed by atoms with Crippen LogP contribution in [0.3, 0.4) is 0 Å². The molecule has 1 N–H and O–H groups in total. The fraction of sp³-hybridized carbons (Fsp3) is 0.571. The number of carbonyl (C=O) groups excluding carboxylic acids is 3. The SMILES string of the molecule is O=C1CC2SNC(=O)C2CC1=O. The first-order valence-electron chi connectivity index (χ1n) is 3.70. The summed E-state index contributed by atoms with van der Waals surface area (Å²) in [6.07, 6.45) is 0.315. The van der Waals surface area contributed by atoms with Gasteiger partial charge < -0.3 is 0 Å². The molecule has 64 valence electrons. The summed E-state index contributed by atoms with van der Waals surface area (Å²) in [5, 5.41) is -0.0114. The molecule has 2 fully saturated rings. The Morgan fingerprint density at radius 3 is 2.58 bits per heavy atom. The minimum Gasteiger partial charge on any atom is -0.300 e. The molecule has 0 aromatic heterocycles. The number of Topliss-reactive ketones (excluding diaryl/α,β-unsaturated/α-hetero) is 2. The number of nitrogens with one attached hydrogen (secondary N) is 1. The molecule has 1 aliphatic heterocycles. The van der Waals surface area contributed by atoms with E-state index in [4.69, 9.17) is 0 Å². The van der Waals surface area contributed by atoms with Crippen LogP contribution in [-0.2, 0) is 14.4 Å². The van der Waals surface area contributed by atoms with Gasteiger partial charge in [0.1, 0.15) is 0 Å². The van der Waals surface area contributed by atoms with E-state index in [1.807, 2.05) is 0 Å². The lowest BCUT2D eigenvalue weighted by molar-refractivity contribution is -0.140. The molecule has 2 aliphatic rings. The first-order valence-corrected chi connectivity index (χ1v) is 4.58. The quantitative estimate of drug-likeness (QED) is 0.415. The fourth-order valence-corrected chi connectivity index (χ4v) is 2.52. The second-order valence-electron chi connectivity index (χ2n) is 2.98. The number of rotatable bonds is 0. The van der Waals surface area contributed by atoms with Crippen LogP contribution >= 0.6 is 11.9 Å². The van der Waals surface area contributed by atoms with Crippen molar-refractivity contribution in [1.29, 1.82) is 0 Å². The topological polar surface area (TPSA) is 63.2 Å². The Morgan fingerprint density at radius 2 is 1.83 bits per heavy atom. The number of carbonyl (C=O) groups is 3. The highest BCUT2D eigenvalue weighted by atomic mass is 32.2. The average Bonchev–Trinajstić information content (AvgIpc) is 2.35. The Hall–Kier alpha value is -0.840. The van der Waals surface area contributed by atoms with Crippen LogP contribution < -0.4 is 4.72 Å². The van der Waals surface area contributed by atoms with Crippen LogP contribution in [0.25, 0.3) is 0 Å². The maximum atomic E-state index is 11.1. The molecule has 2 rings (SSSR count). The van der Waals surface area contributed by atoms with Crippen LogP contribution in [-0.4, -0.2) is 22.7 Å². The lowest BCUT2D eigenvalue weighted by Crippen LogP contribution is -2.35. The summed E-state index contributed by atoms with van der Waals surface area (Å²) in [6, 6.07) is 0. The molecule has 2 unspecified atom stereocenters. The zero-order chi connectivity index (χ0) is 8.72. The van der Waals surface area contributed by atoms with Crippen LogP contribution in [0.2, 0.25) is 0 Å². The largest absolute Gasteiger partial charge is 0.300 e. The van der Waals surface area contributed by atoms with Gasteiger partial charge in [-0.3, -0.25) is 19.1 Å². The molecule has 0 bridgehead atoms. The van der Waals surface area contributed by atoms with Gasteiger partial charge >= 0.3 is 0 Å². The van der Waals surface area contributed by atoms with Gasteiger partial charge in [-0.1, -0.05) is 0 Å². The number of ketones is 2. The second kappa shape index (κ2) is 2.58. The lowest BCUT2D eigenvalue weighted by Gasteiger charge is -2.18. The second-order valence-corrected chi connectivity index (χ2v) is 4.03. The van der Waals surface area contributed by atoms with Crippen molar-refractivity contribution >= 4 is 29.4 Å². The van der Waals surface area contributed by atoms with Gasteiger partial charge in [0.25, 0.3) is 0 Å². The third kappa shape index (κ3) is 1.04. The van der Waals surface area contributed by atoms with Crippen molar-refractivity contribution in [2.45, 2.75) is 18.1 Å². The summed E-state index contributed by atoms with van der Waals surface area (Å²) in [4.78, 5) is 33.0. The monoisotopic (exact) mass is 185 g/mol. The molecule has 12 heavy (non-hydrogen) atoms. The first-order chi connectivity index (χ1) is 5.68. The molecule has 0 aromatic carbocycles. The standard InChI is InChI=1S/C7H7NO3S/c9-4-1-3-6(2-5(4)10)12-8-7(3)11/h3,6H,1-2H2,(H,8,11). The average molecular weight is 185 g/mol. The zero-order valence-corrected chi connectivity index (χ0v) is 7.02. The summed E-state index contributed by atoms with van der Waals surface area (Å²) in [5.74, 6) is -1.10. The van der Waals surface area contributed by atoms with Gasteiger partial charge in [0, 0.05) is 18.1 Å². The Morgan fingerprint density at radius 1 is 1.17 bits per heavy atom. The lowest BCUT2D eigenvalue weighted by atomic mass is 9.87. The van der Waals surface area contributed by atoms with Crippen LogP contribution in [0.1, 0.15) is 12.8 Å². The molecule has 0 aromatic rings. The van der Waals surface area contributed by atoms with Gasteiger partial charge in [-0.05, 0) is 11.9 Å². The molecular formula is C7H7NO3S. The molecule has 2 atom stereocenters. The van der Waals surface area contributed by atoms with Crippen molar-refractivity contribution in [2.75, 3.05) is 0 Å². The van der Waals surface area contributed by atoms with Crippen molar-refractivity contribution in [1.82, 2.24) is 4.72 Å². The maximum absolute atomic E-state index is 11.1. The highest BCUT2D eigenvalue weighted by Gasteiger charge is 2.43. The highest BCUT2D eigenvalue weighted by molar-refractivity contribution is 7.99. The van der Waals surface area contributed by atoms with Crippen molar-refractivity contribution < 1.29 is 14.4 Å². The highest BCUT2D eigenvalue weighted by Crippen LogP contribution is 2.34. The predicted octanol–water partition coefficient (Wildman–Crippen LogP) is -0.319. The van der Waals surface area contributed by atoms with E-state index in [2.05, 4.69) is 4.72 Å². The van der Waals surface area contributed by atoms with Crippen LogP contribution in [0.4, 0.5) is 0 Å². The normalized spacial score (nSPS) is 34.8. The molecular weight excluding hydrogens is 178 g/mol. The van der Waals surface area contributed by atoms with Gasteiger partial charge in [0.15, 0.2) is 11.6 Å². The number of fused-ring (bicyclic) bond motifs is 1. The van der Waals surface area contributed by atoms with Crippen LogP contribution in [0.15, 0.2) is 0 Å². The third-order valence-electron chi connectivity index (χ3n) is 2.20. The minimum atomic E-state index is -0.395. The van der Waals surface area contributed by atoms with E-state index in [0.29, 0.717) is 0 Å². The molecule has 1 heterocycles. The minimum absolute atomic E-state index is 0.0114. The van der Waals surface area contributed by atoms with E-state index < -0.39 is 5.78 Å². The molecule has 5 heteroatoms. The van der Waals surface area contributed by atoms with Gasteiger partial charge in [0.2, 0.25) is 5.91 Å². The summed E-state index contributed by atoms with van der Waals surface area (Å²) >= 11 is 1.27. The molecule has 1 aliphatic carbocycles. The Labute approximate surface area is 73.2 Å².